The lowest BCUT2D eigenvalue weighted by atomic mass is 9.77. The van der Waals surface area contributed by atoms with Crippen LogP contribution in [0.15, 0.2) is 121 Å². The second kappa shape index (κ2) is 8.99. The molecule has 166 valence electrons. The largest absolute Gasteiger partial charge is 0.441 e. The highest BCUT2D eigenvalue weighted by Crippen LogP contribution is 2.53. The highest BCUT2D eigenvalue weighted by Gasteiger charge is 2.47. The van der Waals surface area contributed by atoms with E-state index in [-0.39, 0.29) is 5.97 Å². The number of carbonyl (C=O) groups is 1. The monoisotopic (exact) mass is 442 g/mol. The van der Waals surface area contributed by atoms with E-state index in [1.807, 2.05) is 67.6 Å². The van der Waals surface area contributed by atoms with Crippen LogP contribution in [0.3, 0.4) is 0 Å². The lowest BCUT2D eigenvalue weighted by molar-refractivity contribution is 0.0256. The van der Waals surface area contributed by atoms with Gasteiger partial charge in [-0.2, -0.15) is 0 Å². The summed E-state index contributed by atoms with van der Waals surface area (Å²) in [6, 6.07) is 36.1. The van der Waals surface area contributed by atoms with Crippen LogP contribution >= 0.6 is 0 Å². The summed E-state index contributed by atoms with van der Waals surface area (Å²) < 4.78 is 6.61. The maximum absolute atomic E-state index is 13.6. The molecule has 0 fully saturated rings. The number of hydrogen-bond acceptors (Lipinski definition) is 2. The molecular weight excluding hydrogens is 416 g/mol. The van der Waals surface area contributed by atoms with Gasteiger partial charge in [0.1, 0.15) is 0 Å². The van der Waals surface area contributed by atoms with Crippen molar-refractivity contribution in [3.8, 4) is 0 Å². The van der Waals surface area contributed by atoms with Crippen molar-refractivity contribution < 1.29 is 9.53 Å². The molecule has 0 unspecified atom stereocenters. The van der Waals surface area contributed by atoms with Crippen LogP contribution in [0.1, 0.15) is 38.2 Å². The summed E-state index contributed by atoms with van der Waals surface area (Å²) in [5, 5.41) is 0. The summed E-state index contributed by atoms with van der Waals surface area (Å²) in [5.41, 5.74) is 6.53. The Hall–Kier alpha value is -4.17. The van der Waals surface area contributed by atoms with Crippen LogP contribution in [-0.2, 0) is 10.3 Å². The highest BCUT2D eigenvalue weighted by atomic mass is 16.6. The summed E-state index contributed by atoms with van der Waals surface area (Å²) in [4.78, 5) is 13.6. The van der Waals surface area contributed by atoms with Crippen LogP contribution in [0.25, 0.3) is 11.1 Å². The molecule has 5 rings (SSSR count). The quantitative estimate of drug-likeness (QED) is 0.299. The third-order valence-electron chi connectivity index (χ3n) is 6.34. The van der Waals surface area contributed by atoms with E-state index in [9.17, 15) is 4.79 Å². The molecule has 0 aromatic heterocycles. The maximum Gasteiger partial charge on any atom is 0.339 e. The average molecular weight is 443 g/mol. The Morgan fingerprint density at radius 1 is 0.588 bits per heavy atom. The molecule has 0 saturated heterocycles. The smallest absolute Gasteiger partial charge is 0.339 e. The third kappa shape index (κ3) is 3.88. The number of allylic oxidation sites excluding steroid dienone is 2. The van der Waals surface area contributed by atoms with Crippen LogP contribution in [0, 0.1) is 13.8 Å². The molecule has 1 aliphatic rings. The van der Waals surface area contributed by atoms with Gasteiger partial charge in [-0.3, -0.25) is 0 Å². The summed E-state index contributed by atoms with van der Waals surface area (Å²) >= 11 is 0. The fraction of sp³-hybridized carbons (Fsp3) is 0.0938. The number of ether oxygens (including phenoxy) is 1. The van der Waals surface area contributed by atoms with E-state index in [1.165, 1.54) is 0 Å². The van der Waals surface area contributed by atoms with Gasteiger partial charge in [0.05, 0.1) is 5.56 Å². The van der Waals surface area contributed by atoms with E-state index in [1.54, 1.807) is 0 Å². The topological polar surface area (TPSA) is 26.3 Å². The molecule has 0 bridgehead atoms. The summed E-state index contributed by atoms with van der Waals surface area (Å²) in [7, 11) is 0. The number of carbonyl (C=O) groups excluding carboxylic acids is 1. The second-order valence-corrected chi connectivity index (χ2v) is 8.70. The van der Waals surface area contributed by atoms with E-state index in [0.29, 0.717) is 5.56 Å². The highest BCUT2D eigenvalue weighted by molar-refractivity contribution is 6.00. The molecule has 0 heterocycles. The molecule has 0 spiro atoms. The van der Waals surface area contributed by atoms with Crippen molar-refractivity contribution in [3.63, 3.8) is 0 Å². The number of hydrogen-bond donors (Lipinski definition) is 0. The molecule has 0 N–H and O–H groups in total. The Morgan fingerprint density at radius 2 is 1.03 bits per heavy atom. The molecule has 4 aromatic rings. The Balaban J connectivity index is 1.73. The zero-order valence-corrected chi connectivity index (χ0v) is 19.4. The molecule has 34 heavy (non-hydrogen) atoms. The molecule has 0 saturated carbocycles. The molecule has 0 radical (unpaired) electrons. The third-order valence-corrected chi connectivity index (χ3v) is 6.34. The first-order valence-corrected chi connectivity index (χ1v) is 11.5. The van der Waals surface area contributed by atoms with Crippen molar-refractivity contribution in [2.24, 2.45) is 0 Å². The van der Waals surface area contributed by atoms with E-state index < -0.39 is 5.60 Å². The number of benzene rings is 4. The van der Waals surface area contributed by atoms with Gasteiger partial charge in [0.2, 0.25) is 0 Å². The van der Waals surface area contributed by atoms with Gasteiger partial charge >= 0.3 is 5.97 Å². The van der Waals surface area contributed by atoms with Crippen molar-refractivity contribution in [2.45, 2.75) is 19.4 Å². The van der Waals surface area contributed by atoms with Gasteiger partial charge in [-0.05, 0) is 37.1 Å². The standard InChI is InChI=1S/C32H26O2/c1-23-13-17-27(18-14-23)31(33)34-32(28-19-15-24(2)16-20-28)29(25-9-5-3-6-10-25)21-22-30(32)26-11-7-4-8-12-26/h3-22H,1-2H3. The fourth-order valence-corrected chi connectivity index (χ4v) is 4.54. The first-order valence-electron chi connectivity index (χ1n) is 11.5. The zero-order chi connectivity index (χ0) is 23.5. The van der Waals surface area contributed by atoms with Gasteiger partial charge in [0, 0.05) is 16.7 Å². The molecule has 0 amide bonds. The van der Waals surface area contributed by atoms with Crippen LogP contribution in [-0.4, -0.2) is 5.97 Å². The lowest BCUT2D eigenvalue weighted by Crippen LogP contribution is -2.34. The Kier molecular flexibility index (Phi) is 5.73. The number of rotatable bonds is 5. The molecule has 2 nitrogen and oxygen atoms in total. The minimum absolute atomic E-state index is 0.355. The molecule has 2 heteroatoms. The number of esters is 1. The van der Waals surface area contributed by atoms with Crippen LogP contribution in [0.4, 0.5) is 0 Å². The number of aryl methyl sites for hydroxylation is 2. The van der Waals surface area contributed by atoms with Gasteiger partial charge in [-0.15, -0.1) is 0 Å². The average Bonchev–Trinajstić information content (AvgIpc) is 3.25. The van der Waals surface area contributed by atoms with E-state index in [4.69, 9.17) is 4.74 Å². The zero-order valence-electron chi connectivity index (χ0n) is 19.4. The van der Waals surface area contributed by atoms with Gasteiger partial charge in [-0.25, -0.2) is 4.79 Å². The van der Waals surface area contributed by atoms with Crippen molar-refractivity contribution in [1.29, 1.82) is 0 Å². The van der Waals surface area contributed by atoms with Gasteiger partial charge in [0.15, 0.2) is 5.60 Å². The SMILES string of the molecule is Cc1ccc(C(=O)OC2(c3ccc(C)cc3)C(c3ccccc3)=CC=C2c2ccccc2)cc1. The summed E-state index contributed by atoms with van der Waals surface area (Å²) in [5.74, 6) is -0.355. The fourth-order valence-electron chi connectivity index (χ4n) is 4.54. The maximum atomic E-state index is 13.6. The molecule has 4 aromatic carbocycles. The van der Waals surface area contributed by atoms with Gasteiger partial charge in [-0.1, -0.05) is 120 Å². The Morgan fingerprint density at radius 3 is 1.50 bits per heavy atom. The van der Waals surface area contributed by atoms with Crippen molar-refractivity contribution in [3.05, 3.63) is 155 Å². The van der Waals surface area contributed by atoms with Gasteiger partial charge < -0.3 is 4.74 Å². The molecular formula is C32H26O2. The Labute approximate surface area is 200 Å². The molecule has 0 atom stereocenters. The summed E-state index contributed by atoms with van der Waals surface area (Å²) in [6.45, 7) is 4.07. The predicted octanol–water partition coefficient (Wildman–Crippen LogP) is 7.54. The van der Waals surface area contributed by atoms with Crippen LogP contribution in [0.5, 0.6) is 0 Å². The first-order chi connectivity index (χ1) is 16.6. The van der Waals surface area contributed by atoms with Gasteiger partial charge in [0.25, 0.3) is 0 Å². The summed E-state index contributed by atoms with van der Waals surface area (Å²) in [6.07, 6.45) is 4.17. The van der Waals surface area contributed by atoms with E-state index in [2.05, 4.69) is 67.6 Å². The second-order valence-electron chi connectivity index (χ2n) is 8.70. The molecule has 1 aliphatic carbocycles. The van der Waals surface area contributed by atoms with Crippen LogP contribution < -0.4 is 0 Å². The predicted molar refractivity (Wildman–Crippen MR) is 138 cm³/mol. The van der Waals surface area contributed by atoms with Crippen molar-refractivity contribution >= 4 is 17.1 Å². The molecule has 0 aliphatic heterocycles. The first kappa shape index (κ1) is 21.7. The minimum atomic E-state index is -1.08. The van der Waals surface area contributed by atoms with Crippen LogP contribution in [0.2, 0.25) is 0 Å². The normalized spacial score (nSPS) is 14.3. The van der Waals surface area contributed by atoms with Crippen molar-refractivity contribution in [2.75, 3.05) is 0 Å². The van der Waals surface area contributed by atoms with E-state index in [0.717, 1.165) is 39.0 Å². The lowest BCUT2D eigenvalue weighted by Gasteiger charge is -2.36. The minimum Gasteiger partial charge on any atom is -0.441 e. The van der Waals surface area contributed by atoms with E-state index >= 15 is 0 Å². The Bertz CT molecular complexity index is 1310. The van der Waals surface area contributed by atoms with Crippen molar-refractivity contribution in [1.82, 2.24) is 0 Å².